The standard InChI is InChI=1S/C7H14O3S/c1-6(2)10-7(9)5-11-4-3-8/h6,8H,3-5H2,1-2H3. The van der Waals surface area contributed by atoms with E-state index in [1.165, 1.54) is 11.8 Å². The van der Waals surface area contributed by atoms with E-state index in [0.29, 0.717) is 11.5 Å². The molecule has 0 saturated carbocycles. The average Bonchev–Trinajstić information content (AvgIpc) is 1.86. The summed E-state index contributed by atoms with van der Waals surface area (Å²) in [5.41, 5.74) is 0. The zero-order valence-corrected chi connectivity index (χ0v) is 7.69. The highest BCUT2D eigenvalue weighted by Crippen LogP contribution is 2.00. The van der Waals surface area contributed by atoms with Gasteiger partial charge in [0.15, 0.2) is 0 Å². The third-order valence-electron chi connectivity index (χ3n) is 0.823. The third kappa shape index (κ3) is 7.68. The number of aliphatic hydroxyl groups is 1. The summed E-state index contributed by atoms with van der Waals surface area (Å²) >= 11 is 1.38. The van der Waals surface area contributed by atoms with E-state index >= 15 is 0 Å². The van der Waals surface area contributed by atoms with Crippen LogP contribution in [0.25, 0.3) is 0 Å². The minimum absolute atomic E-state index is 0.0442. The van der Waals surface area contributed by atoms with Gasteiger partial charge in [0.2, 0.25) is 0 Å². The summed E-state index contributed by atoms with van der Waals surface area (Å²) < 4.78 is 4.86. The highest BCUT2D eigenvalue weighted by Gasteiger charge is 2.03. The van der Waals surface area contributed by atoms with Crippen LogP contribution in [0.5, 0.6) is 0 Å². The quantitative estimate of drug-likeness (QED) is 0.496. The molecule has 3 nitrogen and oxygen atoms in total. The van der Waals surface area contributed by atoms with Crippen LogP contribution >= 0.6 is 11.8 Å². The molecule has 0 bridgehead atoms. The predicted molar refractivity (Wildman–Crippen MR) is 45.6 cm³/mol. The maximum atomic E-state index is 10.8. The largest absolute Gasteiger partial charge is 0.462 e. The van der Waals surface area contributed by atoms with Crippen LogP contribution in [0.4, 0.5) is 0 Å². The lowest BCUT2D eigenvalue weighted by Gasteiger charge is -2.06. The topological polar surface area (TPSA) is 46.5 Å². The van der Waals surface area contributed by atoms with Crippen molar-refractivity contribution in [1.82, 2.24) is 0 Å². The maximum absolute atomic E-state index is 10.8. The van der Waals surface area contributed by atoms with Crippen LogP contribution in [0.3, 0.4) is 0 Å². The molecule has 0 rings (SSSR count). The highest BCUT2D eigenvalue weighted by atomic mass is 32.2. The van der Waals surface area contributed by atoms with Gasteiger partial charge in [-0.05, 0) is 13.8 Å². The molecule has 0 unspecified atom stereocenters. The molecule has 0 aromatic heterocycles. The van der Waals surface area contributed by atoms with Crippen LogP contribution in [0.1, 0.15) is 13.8 Å². The van der Waals surface area contributed by atoms with Gasteiger partial charge in [0.1, 0.15) is 0 Å². The Bertz CT molecular complexity index is 114. The van der Waals surface area contributed by atoms with E-state index in [-0.39, 0.29) is 18.7 Å². The molecule has 0 aliphatic heterocycles. The molecule has 11 heavy (non-hydrogen) atoms. The van der Waals surface area contributed by atoms with Crippen molar-refractivity contribution in [2.24, 2.45) is 0 Å². The summed E-state index contributed by atoms with van der Waals surface area (Å²) in [5.74, 6) is 0.713. The second-order valence-electron chi connectivity index (χ2n) is 2.31. The maximum Gasteiger partial charge on any atom is 0.316 e. The molecule has 0 amide bonds. The van der Waals surface area contributed by atoms with E-state index < -0.39 is 0 Å². The molecule has 0 aliphatic carbocycles. The Hall–Kier alpha value is -0.220. The van der Waals surface area contributed by atoms with Crippen molar-refractivity contribution in [3.05, 3.63) is 0 Å². The summed E-state index contributed by atoms with van der Waals surface area (Å²) in [6.45, 7) is 3.74. The molecule has 0 heterocycles. The molecular formula is C7H14O3S. The average molecular weight is 178 g/mol. The monoisotopic (exact) mass is 178 g/mol. The Kier molecular flexibility index (Phi) is 6.36. The molecule has 0 radical (unpaired) electrons. The van der Waals surface area contributed by atoms with Crippen LogP contribution in [0.2, 0.25) is 0 Å². The number of rotatable bonds is 5. The van der Waals surface area contributed by atoms with Crippen molar-refractivity contribution < 1.29 is 14.6 Å². The summed E-state index contributed by atoms with van der Waals surface area (Å²) in [7, 11) is 0. The lowest BCUT2D eigenvalue weighted by Crippen LogP contribution is -2.13. The SMILES string of the molecule is CC(C)OC(=O)CSCCO. The van der Waals surface area contributed by atoms with Gasteiger partial charge in [-0.2, -0.15) is 0 Å². The van der Waals surface area contributed by atoms with E-state index in [4.69, 9.17) is 9.84 Å². The lowest BCUT2D eigenvalue weighted by atomic mass is 10.5. The Morgan fingerprint density at radius 1 is 1.64 bits per heavy atom. The van der Waals surface area contributed by atoms with E-state index in [2.05, 4.69) is 0 Å². The van der Waals surface area contributed by atoms with Crippen LogP contribution in [0, 0.1) is 0 Å². The van der Waals surface area contributed by atoms with Gasteiger partial charge in [0.05, 0.1) is 18.5 Å². The third-order valence-corrected chi connectivity index (χ3v) is 1.73. The molecule has 0 fully saturated rings. The fourth-order valence-corrected chi connectivity index (χ4v) is 1.03. The zero-order chi connectivity index (χ0) is 8.69. The molecular weight excluding hydrogens is 164 g/mol. The van der Waals surface area contributed by atoms with Crippen LogP contribution < -0.4 is 0 Å². The molecule has 0 aromatic carbocycles. The van der Waals surface area contributed by atoms with E-state index in [0.717, 1.165) is 0 Å². The van der Waals surface area contributed by atoms with Crippen LogP contribution in [-0.2, 0) is 9.53 Å². The van der Waals surface area contributed by atoms with Gasteiger partial charge in [-0.15, -0.1) is 11.8 Å². The van der Waals surface area contributed by atoms with E-state index in [1.54, 1.807) is 0 Å². The second kappa shape index (κ2) is 6.49. The lowest BCUT2D eigenvalue weighted by molar-refractivity contribution is -0.144. The van der Waals surface area contributed by atoms with Gasteiger partial charge in [0, 0.05) is 5.75 Å². The Morgan fingerprint density at radius 3 is 2.73 bits per heavy atom. The molecule has 0 aliphatic rings. The Labute approximate surface area is 71.1 Å². The van der Waals surface area contributed by atoms with E-state index in [1.807, 2.05) is 13.8 Å². The molecule has 1 N–H and O–H groups in total. The van der Waals surface area contributed by atoms with Crippen molar-refractivity contribution in [3.8, 4) is 0 Å². The number of carbonyl (C=O) groups excluding carboxylic acids is 1. The van der Waals surface area contributed by atoms with Gasteiger partial charge < -0.3 is 9.84 Å². The van der Waals surface area contributed by atoms with Crippen molar-refractivity contribution in [2.45, 2.75) is 20.0 Å². The Balaban J connectivity index is 3.23. The number of esters is 1. The molecule has 0 atom stereocenters. The zero-order valence-electron chi connectivity index (χ0n) is 6.87. The van der Waals surface area contributed by atoms with Crippen molar-refractivity contribution >= 4 is 17.7 Å². The highest BCUT2D eigenvalue weighted by molar-refractivity contribution is 7.99. The summed E-state index contributed by atoms with van der Waals surface area (Å²) in [6.07, 6.45) is -0.0442. The van der Waals surface area contributed by atoms with Gasteiger partial charge in [-0.25, -0.2) is 0 Å². The normalized spacial score (nSPS) is 10.2. The van der Waals surface area contributed by atoms with Gasteiger partial charge in [-0.3, -0.25) is 4.79 Å². The summed E-state index contributed by atoms with van der Waals surface area (Å²) in [5, 5.41) is 8.39. The Morgan fingerprint density at radius 2 is 2.27 bits per heavy atom. The molecule has 4 heteroatoms. The molecule has 66 valence electrons. The minimum atomic E-state index is -0.210. The van der Waals surface area contributed by atoms with Crippen LogP contribution in [0.15, 0.2) is 0 Å². The van der Waals surface area contributed by atoms with Gasteiger partial charge >= 0.3 is 5.97 Å². The number of aliphatic hydroxyl groups excluding tert-OH is 1. The number of hydrogen-bond donors (Lipinski definition) is 1. The number of hydrogen-bond acceptors (Lipinski definition) is 4. The first-order valence-electron chi connectivity index (χ1n) is 3.55. The smallest absolute Gasteiger partial charge is 0.316 e. The molecule has 0 aromatic rings. The fraction of sp³-hybridized carbons (Fsp3) is 0.857. The number of thioether (sulfide) groups is 1. The van der Waals surface area contributed by atoms with Crippen molar-refractivity contribution in [2.75, 3.05) is 18.1 Å². The van der Waals surface area contributed by atoms with Crippen LogP contribution in [-0.4, -0.2) is 35.3 Å². The number of ether oxygens (including phenoxy) is 1. The first-order chi connectivity index (χ1) is 5.16. The first kappa shape index (κ1) is 10.8. The summed E-state index contributed by atoms with van der Waals surface area (Å²) in [4.78, 5) is 10.8. The van der Waals surface area contributed by atoms with Crippen molar-refractivity contribution in [3.63, 3.8) is 0 Å². The number of carbonyl (C=O) groups is 1. The van der Waals surface area contributed by atoms with E-state index in [9.17, 15) is 4.79 Å². The minimum Gasteiger partial charge on any atom is -0.462 e. The molecule has 0 spiro atoms. The predicted octanol–water partition coefficient (Wildman–Crippen LogP) is 0.663. The second-order valence-corrected chi connectivity index (χ2v) is 3.42. The van der Waals surface area contributed by atoms with Gasteiger partial charge in [-0.1, -0.05) is 0 Å². The first-order valence-corrected chi connectivity index (χ1v) is 4.70. The van der Waals surface area contributed by atoms with Gasteiger partial charge in [0.25, 0.3) is 0 Å². The summed E-state index contributed by atoms with van der Waals surface area (Å²) in [6, 6.07) is 0. The fourth-order valence-electron chi connectivity index (χ4n) is 0.517. The molecule has 0 saturated heterocycles. The van der Waals surface area contributed by atoms with Crippen molar-refractivity contribution in [1.29, 1.82) is 0 Å².